The van der Waals surface area contributed by atoms with Crippen molar-refractivity contribution in [2.75, 3.05) is 12.4 Å². The second kappa shape index (κ2) is 8.62. The number of carbonyl (C=O) groups excluding carboxylic acids is 2. The number of halogens is 2. The maximum atomic E-state index is 12.5. The maximum absolute atomic E-state index is 12.5. The molecule has 2 amide bonds. The fourth-order valence-corrected chi connectivity index (χ4v) is 4.21. The van der Waals surface area contributed by atoms with Gasteiger partial charge in [-0.2, -0.15) is 0 Å². The Morgan fingerprint density at radius 3 is 2.70 bits per heavy atom. The Hall–Kier alpha value is -1.58. The van der Waals surface area contributed by atoms with Gasteiger partial charge in [0.15, 0.2) is 5.17 Å². The molecule has 2 aromatic carbocycles. The number of aliphatic imine (C=N–C) groups is 1. The first-order valence-electron chi connectivity index (χ1n) is 8.18. The summed E-state index contributed by atoms with van der Waals surface area (Å²) in [4.78, 5) is 30.9. The molecule has 1 unspecified atom stereocenters. The van der Waals surface area contributed by atoms with Gasteiger partial charge in [0.2, 0.25) is 11.8 Å². The van der Waals surface area contributed by atoms with Crippen molar-refractivity contribution in [3.8, 4) is 0 Å². The Balaban J connectivity index is 1.68. The van der Waals surface area contributed by atoms with Gasteiger partial charge in [0, 0.05) is 27.7 Å². The minimum Gasteiger partial charge on any atom is -0.326 e. The summed E-state index contributed by atoms with van der Waals surface area (Å²) in [6.07, 6.45) is 0.0749. The molecule has 1 saturated heterocycles. The smallest absolute Gasteiger partial charge is 0.242 e. The predicted octanol–water partition coefficient (Wildman–Crippen LogP) is 4.84. The Labute approximate surface area is 180 Å². The number of thioether (sulfide) groups is 1. The lowest BCUT2D eigenvalue weighted by atomic mass is 10.2. The molecular weight excluding hydrogens is 497 g/mol. The zero-order chi connectivity index (χ0) is 19.6. The van der Waals surface area contributed by atoms with E-state index < -0.39 is 5.25 Å². The van der Waals surface area contributed by atoms with Crippen molar-refractivity contribution in [3.63, 3.8) is 0 Å². The molecule has 5 nitrogen and oxygen atoms in total. The first-order valence-corrected chi connectivity index (χ1v) is 10.5. The first kappa shape index (κ1) is 20.2. The molecule has 1 N–H and O–H groups in total. The fraction of sp³-hybridized carbons (Fsp3) is 0.211. The molecule has 0 radical (unpaired) electrons. The van der Waals surface area contributed by atoms with Crippen LogP contribution in [0, 0.1) is 10.5 Å². The number of carbonyl (C=O) groups is 2. The molecule has 0 saturated carbocycles. The second-order valence-electron chi connectivity index (χ2n) is 6.09. The molecule has 0 aliphatic carbocycles. The number of amides is 2. The van der Waals surface area contributed by atoms with E-state index in [-0.39, 0.29) is 18.2 Å². The molecule has 140 valence electrons. The third-order valence-corrected chi connectivity index (χ3v) is 6.22. The highest BCUT2D eigenvalue weighted by Crippen LogP contribution is 2.31. The zero-order valence-electron chi connectivity index (χ0n) is 14.7. The van der Waals surface area contributed by atoms with E-state index in [9.17, 15) is 9.59 Å². The Morgan fingerprint density at radius 1 is 1.30 bits per heavy atom. The number of rotatable bonds is 4. The number of benzene rings is 2. The monoisotopic (exact) mass is 513 g/mol. The summed E-state index contributed by atoms with van der Waals surface area (Å²) in [5, 5.41) is 3.49. The lowest BCUT2D eigenvalue weighted by molar-refractivity contribution is -0.127. The molecule has 0 spiro atoms. The highest BCUT2D eigenvalue weighted by atomic mass is 127. The standard InChI is InChI=1S/C19H17ClIN3O2S/c1-11-3-4-12(20)9-15(11)23-17(25)10-16-18(26)24(2)19(27-16)22-14-7-5-13(21)6-8-14/h3-9,16H,10H2,1-2H3,(H,23,25). The van der Waals surface area contributed by atoms with E-state index in [1.807, 2.05) is 37.3 Å². The van der Waals surface area contributed by atoms with Gasteiger partial charge < -0.3 is 5.32 Å². The van der Waals surface area contributed by atoms with Gasteiger partial charge in [-0.3, -0.25) is 14.5 Å². The second-order valence-corrected chi connectivity index (χ2v) is 8.94. The third kappa shape index (κ3) is 5.03. The largest absolute Gasteiger partial charge is 0.326 e. The van der Waals surface area contributed by atoms with E-state index >= 15 is 0 Å². The van der Waals surface area contributed by atoms with Crippen molar-refractivity contribution in [2.45, 2.75) is 18.6 Å². The van der Waals surface area contributed by atoms with Crippen molar-refractivity contribution in [2.24, 2.45) is 4.99 Å². The molecule has 1 heterocycles. The van der Waals surface area contributed by atoms with Crippen LogP contribution in [0.4, 0.5) is 11.4 Å². The lowest BCUT2D eigenvalue weighted by Gasteiger charge is -2.11. The zero-order valence-corrected chi connectivity index (χ0v) is 18.4. The molecule has 1 aliphatic heterocycles. The van der Waals surface area contributed by atoms with Crippen LogP contribution in [-0.2, 0) is 9.59 Å². The highest BCUT2D eigenvalue weighted by Gasteiger charge is 2.37. The SMILES string of the molecule is Cc1ccc(Cl)cc1NC(=O)CC1SC(=Nc2ccc(I)cc2)N(C)C1=O. The number of aryl methyl sites for hydroxylation is 1. The Kier molecular flexibility index (Phi) is 6.44. The van der Waals surface area contributed by atoms with Crippen LogP contribution in [0.1, 0.15) is 12.0 Å². The van der Waals surface area contributed by atoms with Crippen LogP contribution in [-0.4, -0.2) is 34.2 Å². The van der Waals surface area contributed by atoms with E-state index in [1.165, 1.54) is 16.7 Å². The molecular formula is C19H17ClIN3O2S. The van der Waals surface area contributed by atoms with Crippen LogP contribution in [0.2, 0.25) is 5.02 Å². The molecule has 8 heteroatoms. The van der Waals surface area contributed by atoms with E-state index in [4.69, 9.17) is 11.6 Å². The van der Waals surface area contributed by atoms with E-state index in [2.05, 4.69) is 32.9 Å². The summed E-state index contributed by atoms with van der Waals surface area (Å²) < 4.78 is 1.12. The summed E-state index contributed by atoms with van der Waals surface area (Å²) in [6, 6.07) is 13.0. The molecule has 1 aliphatic rings. The normalized spacial score (nSPS) is 18.2. The number of nitrogens with one attached hydrogen (secondary N) is 1. The Morgan fingerprint density at radius 2 is 2.00 bits per heavy atom. The topological polar surface area (TPSA) is 61.8 Å². The van der Waals surface area contributed by atoms with Gasteiger partial charge in [-0.05, 0) is 71.5 Å². The van der Waals surface area contributed by atoms with Crippen molar-refractivity contribution >= 4 is 74.3 Å². The minimum absolute atomic E-state index is 0.0749. The van der Waals surface area contributed by atoms with Crippen LogP contribution in [0.3, 0.4) is 0 Å². The van der Waals surface area contributed by atoms with Crippen LogP contribution in [0.15, 0.2) is 47.5 Å². The van der Waals surface area contributed by atoms with Crippen LogP contribution in [0.5, 0.6) is 0 Å². The van der Waals surface area contributed by atoms with Crippen LogP contribution < -0.4 is 5.32 Å². The number of anilines is 1. The van der Waals surface area contributed by atoms with Gasteiger partial charge in [-0.1, -0.05) is 29.4 Å². The molecule has 1 atom stereocenters. The van der Waals surface area contributed by atoms with Gasteiger partial charge in [0.1, 0.15) is 5.25 Å². The van der Waals surface area contributed by atoms with E-state index in [1.54, 1.807) is 19.2 Å². The van der Waals surface area contributed by atoms with Gasteiger partial charge in [-0.15, -0.1) is 0 Å². The molecule has 3 rings (SSSR count). The summed E-state index contributed by atoms with van der Waals surface area (Å²) in [5.74, 6) is -0.350. The van der Waals surface area contributed by atoms with Gasteiger partial charge >= 0.3 is 0 Å². The van der Waals surface area contributed by atoms with Gasteiger partial charge in [0.25, 0.3) is 0 Å². The van der Waals surface area contributed by atoms with Crippen molar-refractivity contribution in [1.82, 2.24) is 4.90 Å². The van der Waals surface area contributed by atoms with Crippen LogP contribution >= 0.6 is 46.0 Å². The van der Waals surface area contributed by atoms with Gasteiger partial charge in [-0.25, -0.2) is 4.99 Å². The minimum atomic E-state index is -0.489. The van der Waals surface area contributed by atoms with Crippen molar-refractivity contribution < 1.29 is 9.59 Å². The molecule has 27 heavy (non-hydrogen) atoms. The number of nitrogens with zero attached hydrogens (tertiary/aromatic N) is 2. The fourth-order valence-electron chi connectivity index (χ4n) is 2.52. The summed E-state index contributed by atoms with van der Waals surface area (Å²) >= 11 is 9.52. The molecule has 0 aromatic heterocycles. The average Bonchev–Trinajstić information content (AvgIpc) is 2.88. The lowest BCUT2D eigenvalue weighted by Crippen LogP contribution is -2.30. The third-order valence-electron chi connectivity index (χ3n) is 4.04. The van der Waals surface area contributed by atoms with Crippen LogP contribution in [0.25, 0.3) is 0 Å². The first-order chi connectivity index (χ1) is 12.8. The highest BCUT2D eigenvalue weighted by molar-refractivity contribution is 14.1. The molecule has 2 aromatic rings. The summed E-state index contributed by atoms with van der Waals surface area (Å²) in [6.45, 7) is 1.89. The maximum Gasteiger partial charge on any atom is 0.242 e. The van der Waals surface area contributed by atoms with E-state index in [0.717, 1.165) is 14.8 Å². The van der Waals surface area contributed by atoms with Crippen molar-refractivity contribution in [1.29, 1.82) is 0 Å². The van der Waals surface area contributed by atoms with Crippen molar-refractivity contribution in [3.05, 3.63) is 56.6 Å². The quantitative estimate of drug-likeness (QED) is 0.595. The predicted molar refractivity (Wildman–Crippen MR) is 120 cm³/mol. The van der Waals surface area contributed by atoms with E-state index in [0.29, 0.717) is 15.9 Å². The number of hydrogen-bond acceptors (Lipinski definition) is 4. The summed E-state index contributed by atoms with van der Waals surface area (Å²) in [7, 11) is 1.68. The number of hydrogen-bond donors (Lipinski definition) is 1. The average molecular weight is 514 g/mol. The Bertz CT molecular complexity index is 918. The number of amidine groups is 1. The van der Waals surface area contributed by atoms with Gasteiger partial charge in [0.05, 0.1) is 5.69 Å². The summed E-state index contributed by atoms with van der Waals surface area (Å²) in [5.41, 5.74) is 2.34. The molecule has 1 fully saturated rings. The molecule has 0 bridgehead atoms.